The number of carbonyl (C=O) groups excluding carboxylic acids is 1. The van der Waals surface area contributed by atoms with E-state index in [-0.39, 0.29) is 18.0 Å². The van der Waals surface area contributed by atoms with Crippen molar-refractivity contribution in [3.05, 3.63) is 36.4 Å². The Balaban J connectivity index is 2.40. The zero-order chi connectivity index (χ0) is 12.4. The number of carbonyl (C=O) groups is 1. The molecule has 1 aromatic carbocycles. The highest BCUT2D eigenvalue weighted by atomic mass is 16.6. The van der Waals surface area contributed by atoms with E-state index < -0.39 is 5.97 Å². The Morgan fingerprint density at radius 3 is 2.87 bits per heavy atom. The van der Waals surface area contributed by atoms with E-state index in [1.54, 1.807) is 18.2 Å². The summed E-state index contributed by atoms with van der Waals surface area (Å²) < 4.78 is 24.9. The number of ether oxygens (including phenoxy) is 1. The van der Waals surface area contributed by atoms with Crippen LogP contribution in [0.1, 0.15) is 9.67 Å². The number of hydrogen-bond donors (Lipinski definition) is 0. The maximum absolute atomic E-state index is 10.7. The van der Waals surface area contributed by atoms with Gasteiger partial charge in [0.15, 0.2) is 0 Å². The first-order chi connectivity index (χ1) is 8.08. The Labute approximate surface area is 89.3 Å². The first-order valence-corrected chi connectivity index (χ1v) is 4.29. The number of hydrogen-bond acceptors (Lipinski definition) is 4. The van der Waals surface area contributed by atoms with Gasteiger partial charge in [0, 0.05) is 12.5 Å². The number of rotatable bonds is 2. The quantitative estimate of drug-likeness (QED) is 0.705. The average Bonchev–Trinajstić information content (AvgIpc) is 2.65. The van der Waals surface area contributed by atoms with E-state index >= 15 is 0 Å². The lowest BCUT2D eigenvalue weighted by molar-refractivity contribution is -0.133. The lowest BCUT2D eigenvalue weighted by atomic mass is 10.2. The summed E-state index contributed by atoms with van der Waals surface area (Å²) in [6.45, 7) is 1.25. The second-order valence-corrected chi connectivity index (χ2v) is 2.81. The molecule has 0 N–H and O–H groups in total. The van der Waals surface area contributed by atoms with Gasteiger partial charge in [-0.2, -0.15) is 0 Å². The zero-order valence-corrected chi connectivity index (χ0v) is 7.98. The van der Waals surface area contributed by atoms with Crippen molar-refractivity contribution in [1.29, 1.82) is 0 Å². The molecular weight excluding hydrogens is 194 g/mol. The minimum absolute atomic E-state index is 0.0462. The van der Waals surface area contributed by atoms with Gasteiger partial charge in [0.05, 0.1) is 8.81 Å². The van der Waals surface area contributed by atoms with Gasteiger partial charge < -0.3 is 9.26 Å². The summed E-state index contributed by atoms with van der Waals surface area (Å²) in [7, 11) is 0. The lowest BCUT2D eigenvalue weighted by Gasteiger charge is -1.91. The predicted molar refractivity (Wildman–Crippen MR) is 53.2 cm³/mol. The topological polar surface area (TPSA) is 52.3 Å². The monoisotopic (exact) mass is 205 g/mol. The Hall–Kier alpha value is -2.10. The normalized spacial score (nSPS) is 11.8. The minimum Gasteiger partial charge on any atom is -0.391 e. The lowest BCUT2D eigenvalue weighted by Crippen LogP contribution is -1.99. The van der Waals surface area contributed by atoms with Crippen molar-refractivity contribution in [3.8, 4) is 17.2 Å². The minimum atomic E-state index is -0.516. The highest BCUT2D eigenvalue weighted by molar-refractivity contribution is 5.69. The van der Waals surface area contributed by atoms with Crippen molar-refractivity contribution in [2.75, 3.05) is 0 Å². The molecule has 0 spiro atoms. The molecule has 1 aromatic heterocycles. The third-order valence-corrected chi connectivity index (χ3v) is 1.64. The van der Waals surface area contributed by atoms with Gasteiger partial charge in [0.25, 0.3) is 0 Å². The molecule has 76 valence electrons. The van der Waals surface area contributed by atoms with Gasteiger partial charge in [-0.25, -0.2) is 0 Å². The van der Waals surface area contributed by atoms with Crippen LogP contribution in [0.2, 0.25) is 0 Å². The maximum Gasteiger partial charge on any atom is 0.319 e. The third kappa shape index (κ3) is 2.22. The summed E-state index contributed by atoms with van der Waals surface area (Å²) in [6, 6.07) is 6.43. The molecule has 0 aliphatic carbocycles. The van der Waals surface area contributed by atoms with Gasteiger partial charge in [-0.3, -0.25) is 4.79 Å². The Bertz CT molecular complexity index is 545. The fraction of sp³-hybridized carbons (Fsp3) is 0.0909. The molecule has 4 nitrogen and oxygen atoms in total. The number of benzene rings is 1. The second-order valence-electron chi connectivity index (χ2n) is 2.81. The van der Waals surface area contributed by atoms with Crippen LogP contribution >= 0.6 is 0 Å². The van der Waals surface area contributed by atoms with Crippen molar-refractivity contribution in [3.63, 3.8) is 0 Å². The first kappa shape index (κ1) is 7.23. The molecule has 0 saturated heterocycles. The van der Waals surface area contributed by atoms with Gasteiger partial charge in [-0.05, 0) is 0 Å². The van der Waals surface area contributed by atoms with Crippen LogP contribution in [-0.4, -0.2) is 11.1 Å². The fourth-order valence-corrected chi connectivity index (χ4v) is 1.07. The first-order valence-electron chi connectivity index (χ1n) is 5.29. The van der Waals surface area contributed by atoms with Crippen molar-refractivity contribution in [2.24, 2.45) is 0 Å². The number of nitrogens with zero attached hydrogens (tertiary/aromatic N) is 1. The van der Waals surface area contributed by atoms with Gasteiger partial charge in [-0.1, -0.05) is 35.4 Å². The van der Waals surface area contributed by atoms with E-state index in [1.165, 1.54) is 13.0 Å². The van der Waals surface area contributed by atoms with Crippen molar-refractivity contribution in [2.45, 2.75) is 6.92 Å². The van der Waals surface area contributed by atoms with Crippen LogP contribution < -0.4 is 4.74 Å². The summed E-state index contributed by atoms with van der Waals surface area (Å²) >= 11 is 0. The van der Waals surface area contributed by atoms with Crippen LogP contribution in [0.3, 0.4) is 0 Å². The van der Waals surface area contributed by atoms with E-state index in [9.17, 15) is 4.79 Å². The summed E-state index contributed by atoms with van der Waals surface area (Å²) in [5.74, 6) is -0.562. The number of esters is 1. The molecule has 4 heteroatoms. The molecule has 0 amide bonds. The van der Waals surface area contributed by atoms with Crippen LogP contribution in [0.25, 0.3) is 11.3 Å². The highest BCUT2D eigenvalue weighted by Crippen LogP contribution is 2.22. The number of aromatic nitrogens is 1. The highest BCUT2D eigenvalue weighted by Gasteiger charge is 2.08. The molecule has 2 aromatic rings. The molecule has 0 atom stereocenters. The molecule has 0 saturated carbocycles. The molecule has 0 unspecified atom stereocenters. The standard InChI is InChI=1S/C11H9NO3/c1-8(13)14-11-7-10(12-15-11)9-5-3-2-4-6-9/h2-7H,1H3/i5D,6D. The van der Waals surface area contributed by atoms with Crippen LogP contribution in [0.15, 0.2) is 40.9 Å². The predicted octanol–water partition coefficient (Wildman–Crippen LogP) is 2.27. The van der Waals surface area contributed by atoms with E-state index in [0.29, 0.717) is 11.3 Å². The average molecular weight is 205 g/mol. The van der Waals surface area contributed by atoms with Gasteiger partial charge in [0.1, 0.15) is 5.69 Å². The molecule has 2 rings (SSSR count). The van der Waals surface area contributed by atoms with E-state index in [0.717, 1.165) is 0 Å². The van der Waals surface area contributed by atoms with E-state index in [4.69, 9.17) is 12.0 Å². The molecular formula is C11H9NO3. The largest absolute Gasteiger partial charge is 0.391 e. The van der Waals surface area contributed by atoms with Gasteiger partial charge in [-0.15, -0.1) is 0 Å². The Morgan fingerprint density at radius 1 is 1.47 bits per heavy atom. The molecule has 0 bridgehead atoms. The molecule has 0 fully saturated rings. The zero-order valence-electron chi connectivity index (χ0n) is 9.98. The van der Waals surface area contributed by atoms with Crippen LogP contribution in [0.5, 0.6) is 5.95 Å². The molecule has 1 heterocycles. The fourth-order valence-electron chi connectivity index (χ4n) is 1.07. The van der Waals surface area contributed by atoms with Gasteiger partial charge in [0.2, 0.25) is 0 Å². The van der Waals surface area contributed by atoms with Crippen LogP contribution in [0.4, 0.5) is 0 Å². The van der Waals surface area contributed by atoms with Crippen LogP contribution in [0, 0.1) is 0 Å². The maximum atomic E-state index is 10.7. The summed E-state index contributed by atoms with van der Waals surface area (Å²) in [4.78, 5) is 10.7. The molecule has 15 heavy (non-hydrogen) atoms. The Kier molecular flexibility index (Phi) is 1.91. The van der Waals surface area contributed by atoms with Gasteiger partial charge >= 0.3 is 11.9 Å². The summed E-state index contributed by atoms with van der Waals surface area (Å²) in [6.07, 6.45) is 0. The van der Waals surface area contributed by atoms with E-state index in [2.05, 4.69) is 5.16 Å². The second kappa shape index (κ2) is 3.96. The molecule has 0 aliphatic rings. The van der Waals surface area contributed by atoms with Crippen molar-refractivity contribution < 1.29 is 16.8 Å². The SMILES string of the molecule is [2H]c1cccc([2H])c1-c1cc(OC(C)=O)on1. The summed E-state index contributed by atoms with van der Waals surface area (Å²) in [5.41, 5.74) is 0.645. The van der Waals surface area contributed by atoms with E-state index in [1.807, 2.05) is 0 Å². The third-order valence-electron chi connectivity index (χ3n) is 1.64. The Morgan fingerprint density at radius 2 is 2.20 bits per heavy atom. The smallest absolute Gasteiger partial charge is 0.319 e. The van der Waals surface area contributed by atoms with Crippen molar-refractivity contribution in [1.82, 2.24) is 5.16 Å². The van der Waals surface area contributed by atoms with Crippen molar-refractivity contribution >= 4 is 5.97 Å². The van der Waals surface area contributed by atoms with Crippen LogP contribution in [-0.2, 0) is 4.79 Å². The summed E-state index contributed by atoms with van der Waals surface area (Å²) in [5, 5.41) is 3.67. The molecule has 0 radical (unpaired) electrons. The molecule has 0 aliphatic heterocycles.